The monoisotopic (exact) mass is 400 g/mol. The third-order valence-corrected chi connectivity index (χ3v) is 4.76. The summed E-state index contributed by atoms with van der Waals surface area (Å²) in [5.74, 6) is 2.27. The molecule has 2 heterocycles. The number of fused-ring (bicyclic) bond motifs is 1. The minimum absolute atomic E-state index is 0.0248. The summed E-state index contributed by atoms with van der Waals surface area (Å²) in [7, 11) is 0. The summed E-state index contributed by atoms with van der Waals surface area (Å²) >= 11 is 10.2. The van der Waals surface area contributed by atoms with Gasteiger partial charge < -0.3 is 4.74 Å². The van der Waals surface area contributed by atoms with Gasteiger partial charge in [-0.15, -0.1) is 4.00 Å². The van der Waals surface area contributed by atoms with E-state index in [1.165, 1.54) is 0 Å². The van der Waals surface area contributed by atoms with E-state index in [9.17, 15) is 0 Å². The number of ether oxygens (including phenoxy) is 1. The van der Waals surface area contributed by atoms with Gasteiger partial charge in [-0.25, -0.2) is 0 Å². The summed E-state index contributed by atoms with van der Waals surface area (Å²) in [6.07, 6.45) is 5.17. The first-order chi connectivity index (χ1) is 11.7. The Morgan fingerprint density at radius 2 is 1.67 bits per heavy atom. The molecule has 0 amide bonds. The zero-order chi connectivity index (χ0) is 16.6. The van der Waals surface area contributed by atoms with Gasteiger partial charge in [-0.1, -0.05) is 18.2 Å². The number of para-hydroxylation sites is 1. The van der Waals surface area contributed by atoms with Crippen LogP contribution in [0.2, 0.25) is 0 Å². The molecule has 2 aromatic rings. The minimum atomic E-state index is -0.0248. The second-order valence-electron chi connectivity index (χ2n) is 5.26. The summed E-state index contributed by atoms with van der Waals surface area (Å²) in [6.45, 7) is 0. The number of hydrogen-bond acceptors (Lipinski definition) is 3. The molecule has 0 saturated heterocycles. The lowest BCUT2D eigenvalue weighted by atomic mass is 10.2. The fourth-order valence-electron chi connectivity index (χ4n) is 2.55. The van der Waals surface area contributed by atoms with E-state index in [1.807, 2.05) is 54.6 Å². The highest BCUT2D eigenvalue weighted by Gasteiger charge is 2.45. The molecule has 6 heteroatoms. The predicted molar refractivity (Wildman–Crippen MR) is 99.2 cm³/mol. The Morgan fingerprint density at radius 3 is 2.42 bits per heavy atom. The van der Waals surface area contributed by atoms with Gasteiger partial charge in [0.05, 0.1) is 18.0 Å². The summed E-state index contributed by atoms with van der Waals surface area (Å²) in [5.41, 5.74) is 1.70. The molecule has 0 N–H and O–H groups in total. The van der Waals surface area contributed by atoms with Crippen LogP contribution in [0, 0.1) is 0 Å². The van der Waals surface area contributed by atoms with Crippen LogP contribution in [-0.4, -0.2) is 16.1 Å². The van der Waals surface area contributed by atoms with Crippen LogP contribution in [0.15, 0.2) is 87.3 Å². The lowest BCUT2D eigenvalue weighted by Crippen LogP contribution is -2.37. The molecule has 2 aliphatic rings. The van der Waals surface area contributed by atoms with E-state index >= 15 is 0 Å². The fourth-order valence-corrected chi connectivity index (χ4v) is 3.51. The highest BCUT2D eigenvalue weighted by Crippen LogP contribution is 2.39. The number of benzene rings is 2. The second-order valence-corrected chi connectivity index (χ2v) is 6.55. The molecule has 0 fully saturated rings. The Balaban J connectivity index is 1.61. The van der Waals surface area contributed by atoms with Gasteiger partial charge in [0.25, 0.3) is 5.84 Å². The molecule has 0 bridgehead atoms. The Hall–Kier alpha value is -2.21. The van der Waals surface area contributed by atoms with Gasteiger partial charge in [0.15, 0.2) is 16.4 Å². The summed E-state index contributed by atoms with van der Waals surface area (Å²) in [4.78, 5) is 8.68. The van der Waals surface area contributed by atoms with Gasteiger partial charge in [0.2, 0.25) is 5.70 Å². The number of aliphatic imine (C=N–C) groups is 2. The Bertz CT molecular complexity index is 904. The number of halogens is 2. The number of allylic oxidation sites excluding steroid dienone is 1. The molecule has 0 spiro atoms. The Labute approximate surface area is 152 Å². The van der Waals surface area contributed by atoms with Crippen molar-refractivity contribution in [2.45, 2.75) is 0 Å². The first kappa shape index (κ1) is 15.3. The molecule has 4 rings (SSSR count). The van der Waals surface area contributed by atoms with Crippen LogP contribution >= 0.6 is 27.7 Å². The van der Waals surface area contributed by atoms with E-state index in [-0.39, 0.29) is 4.00 Å². The molecule has 1 unspecified atom stereocenters. The Morgan fingerprint density at radius 1 is 0.958 bits per heavy atom. The van der Waals surface area contributed by atoms with Gasteiger partial charge in [-0.3, -0.25) is 4.99 Å². The maximum absolute atomic E-state index is 6.75. The predicted octanol–water partition coefficient (Wildman–Crippen LogP) is 5.33. The summed E-state index contributed by atoms with van der Waals surface area (Å²) in [6, 6.07) is 17.4. The van der Waals surface area contributed by atoms with E-state index in [2.05, 4.69) is 25.9 Å². The highest BCUT2D eigenvalue weighted by atomic mass is 79.9. The second kappa shape index (κ2) is 6.02. The molecule has 0 saturated carbocycles. The van der Waals surface area contributed by atoms with E-state index in [0.29, 0.717) is 10.4 Å². The molecule has 0 radical (unpaired) electrons. The van der Waals surface area contributed by atoms with Crippen molar-refractivity contribution in [2.24, 2.45) is 9.98 Å². The van der Waals surface area contributed by atoms with E-state index in [4.69, 9.17) is 16.5 Å². The van der Waals surface area contributed by atoms with Gasteiger partial charge in [0.1, 0.15) is 17.7 Å². The van der Waals surface area contributed by atoms with E-state index in [0.717, 1.165) is 22.8 Å². The third-order valence-electron chi connectivity index (χ3n) is 3.72. The fraction of sp³-hybridized carbons (Fsp3) is 0. The first-order valence-corrected chi connectivity index (χ1v) is 8.42. The van der Waals surface area contributed by atoms with E-state index in [1.54, 1.807) is 18.6 Å². The van der Waals surface area contributed by atoms with Gasteiger partial charge in [-0.05, 0) is 52.3 Å². The van der Waals surface area contributed by atoms with Crippen molar-refractivity contribution in [3.05, 3.63) is 82.9 Å². The van der Waals surface area contributed by atoms with Crippen molar-refractivity contribution < 1.29 is 8.74 Å². The molecular formula is C18H12BrClN3O+. The number of amidine groups is 1. The lowest BCUT2D eigenvalue weighted by Gasteiger charge is -2.22. The largest absolute Gasteiger partial charge is 0.457 e. The number of hydrogen-bond donors (Lipinski definition) is 0. The average molecular weight is 402 g/mol. The molecular weight excluding hydrogens is 390 g/mol. The van der Waals surface area contributed by atoms with E-state index < -0.39 is 0 Å². The third kappa shape index (κ3) is 2.60. The summed E-state index contributed by atoms with van der Waals surface area (Å²) in [5, 5.41) is 0. The highest BCUT2D eigenvalue weighted by molar-refractivity contribution is 9.11. The minimum Gasteiger partial charge on any atom is -0.457 e. The van der Waals surface area contributed by atoms with Crippen molar-refractivity contribution in [2.75, 3.05) is 0 Å². The Kier molecular flexibility index (Phi) is 3.84. The van der Waals surface area contributed by atoms with Crippen LogP contribution in [-0.2, 0) is 0 Å². The number of nitrogens with zero attached hydrogens (tertiary/aromatic N) is 3. The molecule has 118 valence electrons. The van der Waals surface area contributed by atoms with Gasteiger partial charge >= 0.3 is 0 Å². The molecule has 4 nitrogen and oxygen atoms in total. The van der Waals surface area contributed by atoms with Crippen LogP contribution in [0.1, 0.15) is 5.56 Å². The van der Waals surface area contributed by atoms with Crippen LogP contribution in [0.4, 0.5) is 0 Å². The maximum Gasteiger partial charge on any atom is 0.264 e. The topological polar surface area (TPSA) is 34.0 Å². The first-order valence-electron chi connectivity index (χ1n) is 7.29. The number of rotatable bonds is 3. The standard InChI is InChI=1S/C18H12BrClN3O/c19-17-16-12-21-10-11-23(16,20)18(22-17)13-6-8-15(9-7-13)24-14-4-2-1-3-5-14/h1-12H/q+1. The van der Waals surface area contributed by atoms with Crippen molar-refractivity contribution >= 4 is 39.8 Å². The van der Waals surface area contributed by atoms with Crippen molar-refractivity contribution in [3.8, 4) is 11.5 Å². The molecule has 2 aliphatic heterocycles. The van der Waals surface area contributed by atoms with Crippen LogP contribution < -0.4 is 4.74 Å². The number of quaternary nitrogens is 1. The molecule has 0 aliphatic carbocycles. The van der Waals surface area contributed by atoms with Crippen LogP contribution in [0.5, 0.6) is 11.5 Å². The van der Waals surface area contributed by atoms with Gasteiger partial charge in [-0.2, -0.15) is 4.99 Å². The average Bonchev–Trinajstić information content (AvgIpc) is 2.88. The van der Waals surface area contributed by atoms with Crippen LogP contribution in [0.25, 0.3) is 0 Å². The van der Waals surface area contributed by atoms with Gasteiger partial charge in [0, 0.05) is 0 Å². The smallest absolute Gasteiger partial charge is 0.264 e. The molecule has 2 aromatic carbocycles. The summed E-state index contributed by atoms with van der Waals surface area (Å²) < 4.78 is 6.48. The normalized spacial score (nSPS) is 21.7. The molecule has 24 heavy (non-hydrogen) atoms. The maximum atomic E-state index is 6.75. The SMILES string of the molecule is Cl[N+]12C=CN=CC1=C(Br)N=C2c1ccc(Oc2ccccc2)cc1. The van der Waals surface area contributed by atoms with Crippen molar-refractivity contribution in [1.29, 1.82) is 0 Å². The molecule has 1 atom stereocenters. The zero-order valence-electron chi connectivity index (χ0n) is 12.4. The zero-order valence-corrected chi connectivity index (χ0v) is 14.8. The van der Waals surface area contributed by atoms with Crippen molar-refractivity contribution in [1.82, 2.24) is 0 Å². The quantitative estimate of drug-likeness (QED) is 0.505. The molecule has 0 aromatic heterocycles. The lowest BCUT2D eigenvalue weighted by molar-refractivity contribution is -0.599. The van der Waals surface area contributed by atoms with Crippen molar-refractivity contribution in [3.63, 3.8) is 0 Å². The van der Waals surface area contributed by atoms with Crippen LogP contribution in [0.3, 0.4) is 0 Å².